The quantitative estimate of drug-likeness (QED) is 0.130. The monoisotopic (exact) mass is 574 g/mol. The number of carboxylic acids is 1. The molecular formula is C27H36N5O7S+. The number of hydrogen-bond donors (Lipinski definition) is 7. The maximum absolute atomic E-state index is 12.9. The van der Waals surface area contributed by atoms with Gasteiger partial charge in [0.2, 0.25) is 17.7 Å². The number of phenolic OH excluding ortho intramolecular Hbond substituents is 1. The van der Waals surface area contributed by atoms with Gasteiger partial charge in [-0.3, -0.25) is 19.2 Å². The number of quaternary nitrogens is 1. The molecule has 0 radical (unpaired) electrons. The molecule has 0 fully saturated rings. The zero-order valence-electron chi connectivity index (χ0n) is 22.2. The number of thioether (sulfide) groups is 1. The molecule has 4 amide bonds. The summed E-state index contributed by atoms with van der Waals surface area (Å²) in [5, 5.41) is 28.7. The van der Waals surface area contributed by atoms with Gasteiger partial charge in [0.1, 0.15) is 17.8 Å². The molecule has 0 aliphatic heterocycles. The summed E-state index contributed by atoms with van der Waals surface area (Å²) < 4.78 is 0. The van der Waals surface area contributed by atoms with Crippen LogP contribution in [0.25, 0.3) is 0 Å². The lowest BCUT2D eigenvalue weighted by molar-refractivity contribution is -0.403. The average Bonchev–Trinajstić information content (AvgIpc) is 2.93. The van der Waals surface area contributed by atoms with Gasteiger partial charge in [0.15, 0.2) is 6.04 Å². The van der Waals surface area contributed by atoms with E-state index in [1.165, 1.54) is 23.9 Å². The van der Waals surface area contributed by atoms with Crippen molar-refractivity contribution in [2.75, 3.05) is 25.1 Å². The molecule has 12 nitrogen and oxygen atoms in total. The van der Waals surface area contributed by atoms with E-state index in [9.17, 15) is 34.2 Å². The molecule has 2 aromatic carbocycles. The Kier molecular flexibility index (Phi) is 13.5. The van der Waals surface area contributed by atoms with E-state index in [-0.39, 0.29) is 25.1 Å². The lowest BCUT2D eigenvalue weighted by atomic mass is 10.0. The minimum atomic E-state index is -1.17. The van der Waals surface area contributed by atoms with Crippen LogP contribution >= 0.6 is 11.8 Å². The standard InChI is InChI=1S/C27H35N5O7S/c1-40-12-11-21(27(38)39)32-26(37)22(14-17-5-3-2-4-6-17)31-24(35)16-29-23(34)15-30-25(36)20(28)13-18-7-9-19(33)10-8-18/h2-10,20-22,33H,11-16,28H2,1H3,(H,29,34)(H,30,36)(H,31,35)(H,32,37)(H,38,39)/p+1/t20-,21-,22-/m0/s1. The molecule has 2 aromatic rings. The first-order chi connectivity index (χ1) is 19.1. The zero-order chi connectivity index (χ0) is 29.5. The molecular weight excluding hydrogens is 538 g/mol. The Morgan fingerprint density at radius 1 is 0.800 bits per heavy atom. The van der Waals surface area contributed by atoms with Gasteiger partial charge < -0.3 is 37.2 Å². The SMILES string of the molecule is CSCC[C@H](NC(=O)[C@H](Cc1ccccc1)NC(=O)CNC(=O)CNC(=O)[C@@H]([NH3+])Cc1ccc(O)cc1)C(=O)O. The van der Waals surface area contributed by atoms with Gasteiger partial charge in [-0.1, -0.05) is 42.5 Å². The van der Waals surface area contributed by atoms with Crippen molar-refractivity contribution in [2.24, 2.45) is 0 Å². The number of aliphatic carboxylic acids is 1. The van der Waals surface area contributed by atoms with Crippen LogP contribution in [0, 0.1) is 0 Å². The minimum Gasteiger partial charge on any atom is -0.508 e. The largest absolute Gasteiger partial charge is 0.508 e. The summed E-state index contributed by atoms with van der Waals surface area (Å²) >= 11 is 1.45. The predicted molar refractivity (Wildman–Crippen MR) is 149 cm³/mol. The molecule has 0 aliphatic rings. The highest BCUT2D eigenvalue weighted by molar-refractivity contribution is 7.98. The Bertz CT molecular complexity index is 1150. The van der Waals surface area contributed by atoms with Crippen molar-refractivity contribution in [2.45, 2.75) is 37.4 Å². The van der Waals surface area contributed by atoms with Crippen LogP contribution in [-0.2, 0) is 36.8 Å². The second kappa shape index (κ2) is 16.8. The predicted octanol–water partition coefficient (Wildman–Crippen LogP) is -1.17. The molecule has 40 heavy (non-hydrogen) atoms. The lowest BCUT2D eigenvalue weighted by Crippen LogP contribution is -2.68. The van der Waals surface area contributed by atoms with E-state index >= 15 is 0 Å². The minimum absolute atomic E-state index is 0.108. The van der Waals surface area contributed by atoms with Gasteiger partial charge in [0.25, 0.3) is 5.91 Å². The van der Waals surface area contributed by atoms with Crippen molar-refractivity contribution in [3.8, 4) is 5.75 Å². The molecule has 0 bridgehead atoms. The fourth-order valence-corrected chi connectivity index (χ4v) is 4.10. The van der Waals surface area contributed by atoms with Crippen LogP contribution in [0.5, 0.6) is 5.75 Å². The number of phenols is 1. The van der Waals surface area contributed by atoms with E-state index < -0.39 is 54.3 Å². The third kappa shape index (κ3) is 11.7. The van der Waals surface area contributed by atoms with Gasteiger partial charge in [0.05, 0.1) is 13.1 Å². The van der Waals surface area contributed by atoms with Gasteiger partial charge in [0, 0.05) is 12.8 Å². The molecule has 0 saturated carbocycles. The van der Waals surface area contributed by atoms with E-state index in [0.29, 0.717) is 12.2 Å². The molecule has 0 aromatic heterocycles. The van der Waals surface area contributed by atoms with Gasteiger partial charge in [-0.25, -0.2) is 4.79 Å². The van der Waals surface area contributed by atoms with Crippen molar-refractivity contribution < 1.29 is 39.9 Å². The van der Waals surface area contributed by atoms with Gasteiger partial charge in [-0.2, -0.15) is 11.8 Å². The first-order valence-corrected chi connectivity index (χ1v) is 14.0. The highest BCUT2D eigenvalue weighted by atomic mass is 32.2. The second-order valence-corrected chi connectivity index (χ2v) is 10.0. The fraction of sp³-hybridized carbons (Fsp3) is 0.370. The van der Waals surface area contributed by atoms with E-state index in [1.54, 1.807) is 42.5 Å². The van der Waals surface area contributed by atoms with Crippen LogP contribution in [0.3, 0.4) is 0 Å². The van der Waals surface area contributed by atoms with Crippen molar-refractivity contribution in [3.05, 3.63) is 65.7 Å². The molecule has 0 aliphatic carbocycles. The molecule has 9 N–H and O–H groups in total. The Balaban J connectivity index is 1.88. The van der Waals surface area contributed by atoms with E-state index in [2.05, 4.69) is 27.0 Å². The van der Waals surface area contributed by atoms with Crippen LogP contribution < -0.4 is 27.0 Å². The Labute approximate surface area is 236 Å². The van der Waals surface area contributed by atoms with Crippen LogP contribution in [0.4, 0.5) is 0 Å². The van der Waals surface area contributed by atoms with Crippen molar-refractivity contribution in [3.63, 3.8) is 0 Å². The lowest BCUT2D eigenvalue weighted by Gasteiger charge is -2.22. The van der Waals surface area contributed by atoms with E-state index in [0.717, 1.165) is 11.1 Å². The summed E-state index contributed by atoms with van der Waals surface area (Å²) in [7, 11) is 0. The molecule has 0 heterocycles. The number of hydrogen-bond acceptors (Lipinski definition) is 7. The van der Waals surface area contributed by atoms with Gasteiger partial charge >= 0.3 is 5.97 Å². The van der Waals surface area contributed by atoms with Gasteiger partial charge in [-0.05, 0) is 41.7 Å². The second-order valence-electron chi connectivity index (χ2n) is 9.05. The van der Waals surface area contributed by atoms with Crippen LogP contribution in [0.15, 0.2) is 54.6 Å². The third-order valence-corrected chi connectivity index (χ3v) is 6.46. The number of amides is 4. The average molecular weight is 575 g/mol. The number of nitrogens with one attached hydrogen (secondary N) is 4. The maximum atomic E-state index is 12.9. The highest BCUT2D eigenvalue weighted by Gasteiger charge is 2.27. The smallest absolute Gasteiger partial charge is 0.326 e. The van der Waals surface area contributed by atoms with Crippen molar-refractivity contribution in [1.29, 1.82) is 0 Å². The molecule has 3 atom stereocenters. The molecule has 2 rings (SSSR count). The first kappa shape index (κ1) is 32.1. The van der Waals surface area contributed by atoms with Crippen molar-refractivity contribution in [1.82, 2.24) is 21.3 Å². The Hall–Kier alpha value is -4.10. The summed E-state index contributed by atoms with van der Waals surface area (Å²) in [6.07, 6.45) is 2.47. The highest BCUT2D eigenvalue weighted by Crippen LogP contribution is 2.10. The summed E-state index contributed by atoms with van der Waals surface area (Å²) in [5.41, 5.74) is 5.34. The molecule has 0 saturated heterocycles. The zero-order valence-corrected chi connectivity index (χ0v) is 23.0. The molecule has 13 heteroatoms. The van der Waals surface area contributed by atoms with E-state index in [4.69, 9.17) is 0 Å². The van der Waals surface area contributed by atoms with Gasteiger partial charge in [-0.15, -0.1) is 0 Å². The number of aromatic hydroxyl groups is 1. The van der Waals surface area contributed by atoms with E-state index in [1.807, 2.05) is 6.26 Å². The Morgan fingerprint density at radius 3 is 2.05 bits per heavy atom. The maximum Gasteiger partial charge on any atom is 0.326 e. The Morgan fingerprint density at radius 2 is 1.43 bits per heavy atom. The fourth-order valence-electron chi connectivity index (χ4n) is 3.63. The molecule has 0 spiro atoms. The van der Waals surface area contributed by atoms with Crippen LogP contribution in [0.1, 0.15) is 17.5 Å². The topological polar surface area (TPSA) is 202 Å². The first-order valence-electron chi connectivity index (χ1n) is 12.6. The van der Waals surface area contributed by atoms with Crippen LogP contribution in [0.2, 0.25) is 0 Å². The number of benzene rings is 2. The number of rotatable bonds is 16. The number of carbonyl (C=O) groups is 5. The third-order valence-electron chi connectivity index (χ3n) is 5.82. The molecule has 216 valence electrons. The molecule has 0 unspecified atom stereocenters. The normalized spacial score (nSPS) is 12.8. The van der Waals surface area contributed by atoms with Crippen molar-refractivity contribution >= 4 is 41.4 Å². The number of carboxylic acid groups (broad SMARTS) is 1. The number of carbonyl (C=O) groups excluding carboxylic acids is 4. The summed E-state index contributed by atoms with van der Waals surface area (Å²) in [4.78, 5) is 61.6. The summed E-state index contributed by atoms with van der Waals surface area (Å²) in [5.74, 6) is -2.92. The summed E-state index contributed by atoms with van der Waals surface area (Å²) in [6.45, 7) is -0.833. The van der Waals surface area contributed by atoms with Crippen LogP contribution in [-0.4, -0.2) is 83.0 Å². The summed E-state index contributed by atoms with van der Waals surface area (Å²) in [6, 6.07) is 12.4.